The highest BCUT2D eigenvalue weighted by molar-refractivity contribution is 9.10. The first kappa shape index (κ1) is 13.9. The molecule has 1 aromatic carbocycles. The molecule has 0 radical (unpaired) electrons. The molecule has 1 aliphatic carbocycles. The number of halogens is 1. The van der Waals surface area contributed by atoms with Gasteiger partial charge in [0.05, 0.1) is 11.1 Å². The first-order valence-corrected chi connectivity index (χ1v) is 7.64. The summed E-state index contributed by atoms with van der Waals surface area (Å²) in [6.45, 7) is 1.73. The molecule has 1 aliphatic rings. The average Bonchev–Trinajstić information content (AvgIpc) is 2.85. The molecule has 0 saturated heterocycles. The van der Waals surface area contributed by atoms with Crippen LogP contribution in [0.15, 0.2) is 22.7 Å². The second-order valence-corrected chi connectivity index (χ2v) is 5.94. The Balaban J connectivity index is 1.81. The summed E-state index contributed by atoms with van der Waals surface area (Å²) in [7, 11) is 1.96. The fraction of sp³-hybridized carbons (Fsp3) is 0.600. The van der Waals surface area contributed by atoms with E-state index in [1.807, 2.05) is 7.05 Å². The molecule has 0 amide bonds. The number of rotatable bonds is 6. The van der Waals surface area contributed by atoms with Gasteiger partial charge in [0.2, 0.25) is 0 Å². The van der Waals surface area contributed by atoms with Crippen LogP contribution in [-0.2, 0) is 6.54 Å². The van der Waals surface area contributed by atoms with Gasteiger partial charge in [-0.15, -0.1) is 0 Å². The summed E-state index contributed by atoms with van der Waals surface area (Å²) in [6.07, 6.45) is 6.81. The summed E-state index contributed by atoms with van der Waals surface area (Å²) < 4.78 is 6.92. The number of hydrogen-bond donors (Lipinski definition) is 1. The zero-order valence-electron chi connectivity index (χ0n) is 11.0. The van der Waals surface area contributed by atoms with Crippen LogP contribution in [0.2, 0.25) is 0 Å². The van der Waals surface area contributed by atoms with Crippen molar-refractivity contribution in [3.8, 4) is 5.75 Å². The summed E-state index contributed by atoms with van der Waals surface area (Å²) in [4.78, 5) is 0. The van der Waals surface area contributed by atoms with Crippen LogP contribution < -0.4 is 10.1 Å². The van der Waals surface area contributed by atoms with Crippen LogP contribution in [0.5, 0.6) is 5.75 Å². The normalized spacial score (nSPS) is 16.1. The molecule has 1 N–H and O–H groups in total. The molecule has 0 atom stereocenters. The predicted octanol–water partition coefficient (Wildman–Crippen LogP) is 4.13. The van der Waals surface area contributed by atoms with Crippen molar-refractivity contribution < 1.29 is 4.74 Å². The largest absolute Gasteiger partial charge is 0.492 e. The van der Waals surface area contributed by atoms with Crippen molar-refractivity contribution in [1.29, 1.82) is 0 Å². The molecule has 0 unspecified atom stereocenters. The van der Waals surface area contributed by atoms with Gasteiger partial charge in [-0.3, -0.25) is 0 Å². The molecule has 0 aromatic heterocycles. The van der Waals surface area contributed by atoms with E-state index in [9.17, 15) is 0 Å². The van der Waals surface area contributed by atoms with Crippen LogP contribution >= 0.6 is 15.9 Å². The van der Waals surface area contributed by atoms with E-state index in [1.54, 1.807) is 0 Å². The Hall–Kier alpha value is -0.540. The average molecular weight is 312 g/mol. The Labute approximate surface area is 118 Å². The number of nitrogens with one attached hydrogen (secondary N) is 1. The van der Waals surface area contributed by atoms with E-state index in [4.69, 9.17) is 4.74 Å². The monoisotopic (exact) mass is 311 g/mol. The lowest BCUT2D eigenvalue weighted by Gasteiger charge is -2.12. The standard InChI is InChI=1S/C15H22BrNO/c1-17-11-13-6-7-15(14(16)10-13)18-9-8-12-4-2-3-5-12/h6-7,10,12,17H,2-5,8-9,11H2,1H3. The van der Waals surface area contributed by atoms with Crippen molar-refractivity contribution in [2.75, 3.05) is 13.7 Å². The maximum absolute atomic E-state index is 5.86. The highest BCUT2D eigenvalue weighted by atomic mass is 79.9. The molecule has 100 valence electrons. The van der Waals surface area contributed by atoms with Crippen LogP contribution in [0, 0.1) is 5.92 Å². The molecule has 2 nitrogen and oxygen atoms in total. The van der Waals surface area contributed by atoms with E-state index in [0.717, 1.165) is 29.3 Å². The van der Waals surface area contributed by atoms with Crippen LogP contribution in [0.25, 0.3) is 0 Å². The topological polar surface area (TPSA) is 21.3 Å². The fourth-order valence-electron chi connectivity index (χ4n) is 2.61. The summed E-state index contributed by atoms with van der Waals surface area (Å²) in [5.74, 6) is 1.86. The molecule has 1 aromatic rings. The van der Waals surface area contributed by atoms with Gasteiger partial charge in [0.25, 0.3) is 0 Å². The Morgan fingerprint density at radius 2 is 2.11 bits per heavy atom. The third kappa shape index (κ3) is 3.99. The molecule has 0 aliphatic heterocycles. The van der Waals surface area contributed by atoms with E-state index in [-0.39, 0.29) is 0 Å². The lowest BCUT2D eigenvalue weighted by molar-refractivity contribution is 0.277. The van der Waals surface area contributed by atoms with Crippen molar-refractivity contribution in [1.82, 2.24) is 5.32 Å². The summed E-state index contributed by atoms with van der Waals surface area (Å²) >= 11 is 3.58. The summed E-state index contributed by atoms with van der Waals surface area (Å²) in [5, 5.41) is 3.15. The minimum Gasteiger partial charge on any atom is -0.492 e. The predicted molar refractivity (Wildman–Crippen MR) is 79.0 cm³/mol. The quantitative estimate of drug-likeness (QED) is 0.853. The lowest BCUT2D eigenvalue weighted by Crippen LogP contribution is -2.06. The second-order valence-electron chi connectivity index (χ2n) is 5.08. The summed E-state index contributed by atoms with van der Waals surface area (Å²) in [6, 6.07) is 6.30. The van der Waals surface area contributed by atoms with Crippen molar-refractivity contribution >= 4 is 15.9 Å². The third-order valence-corrected chi connectivity index (χ3v) is 4.26. The van der Waals surface area contributed by atoms with E-state index < -0.39 is 0 Å². The van der Waals surface area contributed by atoms with Gasteiger partial charge in [-0.05, 0) is 53.0 Å². The Bertz CT molecular complexity index is 375. The Morgan fingerprint density at radius 3 is 2.78 bits per heavy atom. The molecule has 1 fully saturated rings. The molecule has 0 bridgehead atoms. The van der Waals surface area contributed by atoms with Gasteiger partial charge in [0.15, 0.2) is 0 Å². The van der Waals surface area contributed by atoms with Gasteiger partial charge in [-0.1, -0.05) is 31.7 Å². The van der Waals surface area contributed by atoms with Crippen molar-refractivity contribution in [3.63, 3.8) is 0 Å². The van der Waals surface area contributed by atoms with Gasteiger partial charge in [-0.25, -0.2) is 0 Å². The zero-order chi connectivity index (χ0) is 12.8. The lowest BCUT2D eigenvalue weighted by atomic mass is 10.1. The van der Waals surface area contributed by atoms with Gasteiger partial charge >= 0.3 is 0 Å². The molecule has 0 heterocycles. The molecule has 2 rings (SSSR count). The van der Waals surface area contributed by atoms with Gasteiger partial charge in [0, 0.05) is 6.54 Å². The first-order valence-electron chi connectivity index (χ1n) is 6.85. The van der Waals surface area contributed by atoms with Gasteiger partial charge in [0.1, 0.15) is 5.75 Å². The smallest absolute Gasteiger partial charge is 0.133 e. The van der Waals surface area contributed by atoms with E-state index in [0.29, 0.717) is 0 Å². The van der Waals surface area contributed by atoms with Crippen LogP contribution in [0.3, 0.4) is 0 Å². The first-order chi connectivity index (χ1) is 8.79. The van der Waals surface area contributed by atoms with Crippen LogP contribution in [-0.4, -0.2) is 13.7 Å². The maximum Gasteiger partial charge on any atom is 0.133 e. The Kier molecular flexibility index (Phi) is 5.51. The van der Waals surface area contributed by atoms with E-state index >= 15 is 0 Å². The fourth-order valence-corrected chi connectivity index (χ4v) is 3.15. The molecule has 1 saturated carbocycles. The van der Waals surface area contributed by atoms with Crippen molar-refractivity contribution in [2.24, 2.45) is 5.92 Å². The van der Waals surface area contributed by atoms with Crippen LogP contribution in [0.1, 0.15) is 37.7 Å². The van der Waals surface area contributed by atoms with Gasteiger partial charge in [-0.2, -0.15) is 0 Å². The van der Waals surface area contributed by atoms with Crippen molar-refractivity contribution in [3.05, 3.63) is 28.2 Å². The second kappa shape index (κ2) is 7.15. The molecular formula is C15H22BrNO. The highest BCUT2D eigenvalue weighted by Crippen LogP contribution is 2.29. The molecule has 3 heteroatoms. The van der Waals surface area contributed by atoms with Gasteiger partial charge < -0.3 is 10.1 Å². The minimum absolute atomic E-state index is 0.842. The number of hydrogen-bond acceptors (Lipinski definition) is 2. The molecule has 18 heavy (non-hydrogen) atoms. The summed E-state index contributed by atoms with van der Waals surface area (Å²) in [5.41, 5.74) is 1.27. The third-order valence-electron chi connectivity index (χ3n) is 3.64. The van der Waals surface area contributed by atoms with Crippen LogP contribution in [0.4, 0.5) is 0 Å². The maximum atomic E-state index is 5.86. The Morgan fingerprint density at radius 1 is 1.33 bits per heavy atom. The zero-order valence-corrected chi connectivity index (χ0v) is 12.6. The SMILES string of the molecule is CNCc1ccc(OCCC2CCCC2)c(Br)c1. The highest BCUT2D eigenvalue weighted by Gasteiger charge is 2.14. The minimum atomic E-state index is 0.842. The number of benzene rings is 1. The number of ether oxygens (including phenoxy) is 1. The molecular weight excluding hydrogens is 290 g/mol. The van der Waals surface area contributed by atoms with E-state index in [2.05, 4.69) is 39.4 Å². The van der Waals surface area contributed by atoms with Crippen molar-refractivity contribution in [2.45, 2.75) is 38.6 Å². The van der Waals surface area contributed by atoms with E-state index in [1.165, 1.54) is 37.7 Å². The molecule has 0 spiro atoms.